The maximum absolute atomic E-state index is 13.0. The van der Waals surface area contributed by atoms with E-state index < -0.39 is 10.0 Å². The van der Waals surface area contributed by atoms with Gasteiger partial charge in [-0.25, -0.2) is 8.42 Å². The van der Waals surface area contributed by atoms with Crippen molar-refractivity contribution >= 4 is 21.8 Å². The van der Waals surface area contributed by atoms with Crippen LogP contribution in [-0.2, 0) is 32.5 Å². The van der Waals surface area contributed by atoms with E-state index in [2.05, 4.69) is 5.32 Å². The molecule has 1 heterocycles. The third-order valence-corrected chi connectivity index (χ3v) is 7.24. The van der Waals surface area contributed by atoms with Crippen LogP contribution < -0.4 is 5.32 Å². The highest BCUT2D eigenvalue weighted by molar-refractivity contribution is 7.89. The number of hydrogen-bond acceptors (Lipinski definition) is 5. The lowest BCUT2D eigenvalue weighted by atomic mass is 10.1. The molecule has 0 bridgehead atoms. The second-order valence-electron chi connectivity index (χ2n) is 7.70. The molecule has 3 rings (SSSR count). The lowest BCUT2D eigenvalue weighted by molar-refractivity contribution is -0.130. The number of benzene rings is 1. The smallest absolute Gasteiger partial charge is 0.243 e. The van der Waals surface area contributed by atoms with Crippen molar-refractivity contribution in [3.63, 3.8) is 0 Å². The van der Waals surface area contributed by atoms with Gasteiger partial charge in [0, 0.05) is 53.2 Å². The monoisotopic (exact) mass is 408 g/mol. The van der Waals surface area contributed by atoms with Gasteiger partial charge in [0.1, 0.15) is 0 Å². The molecule has 1 atom stereocenters. The van der Waals surface area contributed by atoms with Gasteiger partial charge in [0.05, 0.1) is 11.4 Å². The molecule has 1 aromatic carbocycles. The number of sulfonamides is 1. The fourth-order valence-corrected chi connectivity index (χ4v) is 5.23. The molecule has 0 spiro atoms. The molecule has 1 fully saturated rings. The summed E-state index contributed by atoms with van der Waals surface area (Å²) in [6, 6.07) is 5.29. The molecule has 28 heavy (non-hydrogen) atoms. The minimum Gasteiger partial charge on any atom is -0.353 e. The van der Waals surface area contributed by atoms with Crippen LogP contribution in [0.2, 0.25) is 0 Å². The van der Waals surface area contributed by atoms with Gasteiger partial charge in [-0.15, -0.1) is 0 Å². The molecular weight excluding hydrogens is 380 g/mol. The Kier molecular flexibility index (Phi) is 6.07. The molecule has 1 saturated heterocycles. The number of carbonyl (C=O) groups is 2. The molecule has 1 aromatic rings. The van der Waals surface area contributed by atoms with Gasteiger partial charge in [0.2, 0.25) is 21.8 Å². The van der Waals surface area contributed by atoms with Crippen LogP contribution in [0.1, 0.15) is 18.1 Å². The fraction of sp³-hybridized carbons (Fsp3) is 0.579. The maximum atomic E-state index is 13.0. The van der Waals surface area contributed by atoms with Crippen LogP contribution in [-0.4, -0.2) is 87.2 Å². The van der Waals surface area contributed by atoms with Gasteiger partial charge in [-0.1, -0.05) is 6.07 Å². The summed E-state index contributed by atoms with van der Waals surface area (Å²) in [7, 11) is -0.137. The standard InChI is InChI=1S/C19H28N4O4S/c1-14(24)20-17-10-15-4-5-18(12-16(15)11-17)28(26,27)23-8-6-22(7-9-23)13-19(25)21(2)3/h4-5,12,17H,6-11,13H2,1-3H3,(H,20,24)/t17-/m1/s1. The summed E-state index contributed by atoms with van der Waals surface area (Å²) in [5.74, 6) is -0.0556. The highest BCUT2D eigenvalue weighted by atomic mass is 32.2. The molecule has 9 heteroatoms. The topological polar surface area (TPSA) is 90.0 Å². The van der Waals surface area contributed by atoms with Gasteiger partial charge >= 0.3 is 0 Å². The van der Waals surface area contributed by atoms with E-state index in [1.807, 2.05) is 11.0 Å². The zero-order valence-corrected chi connectivity index (χ0v) is 17.5. The first kappa shape index (κ1) is 20.8. The summed E-state index contributed by atoms with van der Waals surface area (Å²) in [5, 5.41) is 2.90. The summed E-state index contributed by atoms with van der Waals surface area (Å²) in [4.78, 5) is 26.9. The minimum absolute atomic E-state index is 0.0173. The van der Waals surface area contributed by atoms with Crippen molar-refractivity contribution in [2.24, 2.45) is 0 Å². The first-order valence-electron chi connectivity index (χ1n) is 9.48. The number of nitrogens with zero attached hydrogens (tertiary/aromatic N) is 3. The molecule has 8 nitrogen and oxygen atoms in total. The summed E-state index contributed by atoms with van der Waals surface area (Å²) in [6.07, 6.45) is 1.38. The van der Waals surface area contributed by atoms with Gasteiger partial charge in [0.15, 0.2) is 0 Å². The molecule has 2 amide bonds. The number of likely N-dealkylation sites (N-methyl/N-ethyl adjacent to an activating group) is 1. The molecule has 1 aliphatic heterocycles. The number of rotatable bonds is 5. The van der Waals surface area contributed by atoms with Crippen LogP contribution in [0.25, 0.3) is 0 Å². The average molecular weight is 409 g/mol. The fourth-order valence-electron chi connectivity index (χ4n) is 3.75. The predicted molar refractivity (Wildman–Crippen MR) is 105 cm³/mol. The van der Waals surface area contributed by atoms with Crippen molar-refractivity contribution in [1.82, 2.24) is 19.4 Å². The highest BCUT2D eigenvalue weighted by Gasteiger charge is 2.31. The molecule has 0 saturated carbocycles. The van der Waals surface area contributed by atoms with E-state index in [1.54, 1.807) is 31.1 Å². The van der Waals surface area contributed by atoms with Gasteiger partial charge in [-0.05, 0) is 36.1 Å². The summed E-state index contributed by atoms with van der Waals surface area (Å²) >= 11 is 0. The zero-order valence-electron chi connectivity index (χ0n) is 16.6. The average Bonchev–Trinajstić information content (AvgIpc) is 3.02. The Hall–Kier alpha value is -1.97. The second kappa shape index (κ2) is 8.18. The van der Waals surface area contributed by atoms with Gasteiger partial charge < -0.3 is 10.2 Å². The van der Waals surface area contributed by atoms with E-state index in [4.69, 9.17) is 0 Å². The SMILES string of the molecule is CC(=O)N[C@@H]1Cc2ccc(S(=O)(=O)N3CCN(CC(=O)N(C)C)CC3)cc2C1. The Balaban J connectivity index is 1.65. The van der Waals surface area contributed by atoms with Crippen molar-refractivity contribution in [2.45, 2.75) is 30.7 Å². The highest BCUT2D eigenvalue weighted by Crippen LogP contribution is 2.27. The molecule has 0 radical (unpaired) electrons. The summed E-state index contributed by atoms with van der Waals surface area (Å²) in [5.41, 5.74) is 2.07. The first-order valence-corrected chi connectivity index (χ1v) is 10.9. The second-order valence-corrected chi connectivity index (χ2v) is 9.64. The van der Waals surface area contributed by atoms with E-state index in [0.29, 0.717) is 44.0 Å². The van der Waals surface area contributed by atoms with Crippen molar-refractivity contribution in [1.29, 1.82) is 0 Å². The number of fused-ring (bicyclic) bond motifs is 1. The number of amides is 2. The number of piperazine rings is 1. The number of carbonyl (C=O) groups excluding carboxylic acids is 2. The Morgan fingerprint density at radius 1 is 1.11 bits per heavy atom. The summed E-state index contributed by atoms with van der Waals surface area (Å²) < 4.78 is 27.6. The third-order valence-electron chi connectivity index (χ3n) is 5.34. The van der Waals surface area contributed by atoms with E-state index in [9.17, 15) is 18.0 Å². The van der Waals surface area contributed by atoms with Gasteiger partial charge in [-0.2, -0.15) is 4.31 Å². The van der Waals surface area contributed by atoms with Crippen LogP contribution >= 0.6 is 0 Å². The van der Waals surface area contributed by atoms with Gasteiger partial charge in [-0.3, -0.25) is 14.5 Å². The van der Waals surface area contributed by atoms with Crippen LogP contribution in [0.4, 0.5) is 0 Å². The minimum atomic E-state index is -3.57. The van der Waals surface area contributed by atoms with E-state index in [1.165, 1.54) is 11.2 Å². The largest absolute Gasteiger partial charge is 0.353 e. The van der Waals surface area contributed by atoms with Crippen LogP contribution in [0.5, 0.6) is 0 Å². The number of hydrogen-bond donors (Lipinski definition) is 1. The molecule has 154 valence electrons. The van der Waals surface area contributed by atoms with Crippen molar-refractivity contribution in [3.05, 3.63) is 29.3 Å². The van der Waals surface area contributed by atoms with Crippen molar-refractivity contribution in [2.75, 3.05) is 46.8 Å². The third kappa shape index (κ3) is 4.53. The van der Waals surface area contributed by atoms with Crippen LogP contribution in [0, 0.1) is 0 Å². The van der Waals surface area contributed by atoms with E-state index in [0.717, 1.165) is 17.5 Å². The lowest BCUT2D eigenvalue weighted by Crippen LogP contribution is -2.50. The predicted octanol–water partition coefficient (Wildman–Crippen LogP) is -0.316. The molecular formula is C19H28N4O4S. The normalized spacial score (nSPS) is 20.6. The maximum Gasteiger partial charge on any atom is 0.243 e. The van der Waals surface area contributed by atoms with E-state index >= 15 is 0 Å². The molecule has 1 aliphatic carbocycles. The first-order chi connectivity index (χ1) is 13.2. The summed E-state index contributed by atoms with van der Waals surface area (Å²) in [6.45, 7) is 3.61. The lowest BCUT2D eigenvalue weighted by Gasteiger charge is -2.34. The van der Waals surface area contributed by atoms with Crippen LogP contribution in [0.3, 0.4) is 0 Å². The Labute approximate surface area is 166 Å². The zero-order chi connectivity index (χ0) is 20.5. The number of nitrogens with one attached hydrogen (secondary N) is 1. The molecule has 0 aromatic heterocycles. The van der Waals surface area contributed by atoms with Crippen molar-refractivity contribution < 1.29 is 18.0 Å². The Bertz CT molecular complexity index is 861. The Morgan fingerprint density at radius 2 is 1.75 bits per heavy atom. The van der Waals surface area contributed by atoms with Crippen LogP contribution in [0.15, 0.2) is 23.1 Å². The van der Waals surface area contributed by atoms with E-state index in [-0.39, 0.29) is 17.9 Å². The van der Waals surface area contributed by atoms with Crippen molar-refractivity contribution in [3.8, 4) is 0 Å². The molecule has 0 unspecified atom stereocenters. The quantitative estimate of drug-likeness (QED) is 0.722. The van der Waals surface area contributed by atoms with Gasteiger partial charge in [0.25, 0.3) is 0 Å². The molecule has 2 aliphatic rings. The molecule has 1 N–H and O–H groups in total. The Morgan fingerprint density at radius 3 is 2.36 bits per heavy atom.